The smallest absolute Gasteiger partial charge is 0.430 e. The monoisotopic (exact) mass is 228 g/mol. The minimum atomic E-state index is -0.721. The van der Waals surface area contributed by atoms with Gasteiger partial charge in [-0.1, -0.05) is 49.1 Å². The molecule has 3 nitrogen and oxygen atoms in total. The molecule has 0 N–H and O–H groups in total. The average Bonchev–Trinajstić information content (AvgIpc) is 2.37. The summed E-state index contributed by atoms with van der Waals surface area (Å²) < 4.78 is 9.89. The van der Waals surface area contributed by atoms with Crippen LogP contribution in [0.5, 0.6) is 5.75 Å². The maximum Gasteiger partial charge on any atom is 0.514 e. The van der Waals surface area contributed by atoms with Gasteiger partial charge < -0.3 is 9.47 Å². The Morgan fingerprint density at radius 1 is 1.18 bits per heavy atom. The van der Waals surface area contributed by atoms with Gasteiger partial charge in [-0.25, -0.2) is 4.79 Å². The maximum absolute atomic E-state index is 11.3. The lowest BCUT2D eigenvalue weighted by molar-refractivity contribution is 0.110. The van der Waals surface area contributed by atoms with Crippen LogP contribution in [-0.2, 0) is 4.74 Å². The molecule has 0 radical (unpaired) electrons. The molecule has 0 fully saturated rings. The number of hydrogen-bond donors (Lipinski definition) is 0. The Labute approximate surface area is 99.3 Å². The highest BCUT2D eigenvalue weighted by atomic mass is 16.7. The number of hydrogen-bond acceptors (Lipinski definition) is 3. The first-order valence-electron chi connectivity index (χ1n) is 5.24. The molecule has 0 spiro atoms. The van der Waals surface area contributed by atoms with Crippen molar-refractivity contribution in [2.24, 2.45) is 0 Å². The number of carbonyl (C=O) groups excluding carboxylic acids is 1. The molecule has 0 saturated heterocycles. The number of fused-ring (bicyclic) bond motifs is 1. The van der Waals surface area contributed by atoms with E-state index in [1.165, 1.54) is 6.08 Å². The van der Waals surface area contributed by atoms with Crippen molar-refractivity contribution < 1.29 is 14.3 Å². The summed E-state index contributed by atoms with van der Waals surface area (Å²) in [7, 11) is 0. The Morgan fingerprint density at radius 3 is 2.76 bits per heavy atom. The van der Waals surface area contributed by atoms with Crippen molar-refractivity contribution in [3.8, 4) is 5.75 Å². The van der Waals surface area contributed by atoms with E-state index in [1.54, 1.807) is 6.07 Å². The minimum Gasteiger partial charge on any atom is -0.430 e. The number of carbonyl (C=O) groups is 1. The highest BCUT2D eigenvalue weighted by Gasteiger charge is 2.07. The van der Waals surface area contributed by atoms with Gasteiger partial charge in [0, 0.05) is 5.39 Å². The van der Waals surface area contributed by atoms with Crippen molar-refractivity contribution in [2.75, 3.05) is 6.61 Å². The van der Waals surface area contributed by atoms with E-state index >= 15 is 0 Å². The molecule has 0 atom stereocenters. The van der Waals surface area contributed by atoms with Crippen LogP contribution < -0.4 is 4.74 Å². The van der Waals surface area contributed by atoms with Crippen LogP contribution in [0.1, 0.15) is 0 Å². The molecule has 0 unspecified atom stereocenters. The molecule has 0 aliphatic carbocycles. The second-order valence-corrected chi connectivity index (χ2v) is 3.43. The summed E-state index contributed by atoms with van der Waals surface area (Å²) in [5.41, 5.74) is 0. The fraction of sp³-hybridized carbons (Fsp3) is 0.0714. The van der Waals surface area contributed by atoms with Crippen molar-refractivity contribution in [3.05, 3.63) is 55.1 Å². The van der Waals surface area contributed by atoms with E-state index in [-0.39, 0.29) is 6.61 Å². The fourth-order valence-electron chi connectivity index (χ4n) is 1.53. The number of benzene rings is 2. The van der Waals surface area contributed by atoms with Crippen molar-refractivity contribution in [1.29, 1.82) is 0 Å². The van der Waals surface area contributed by atoms with Gasteiger partial charge in [0.05, 0.1) is 0 Å². The summed E-state index contributed by atoms with van der Waals surface area (Å²) in [5.74, 6) is 0.497. The van der Waals surface area contributed by atoms with Crippen LogP contribution in [0.2, 0.25) is 0 Å². The van der Waals surface area contributed by atoms with Crippen LogP contribution >= 0.6 is 0 Å². The van der Waals surface area contributed by atoms with E-state index in [1.807, 2.05) is 36.4 Å². The summed E-state index contributed by atoms with van der Waals surface area (Å²) in [5, 5.41) is 1.90. The van der Waals surface area contributed by atoms with Gasteiger partial charge in [-0.15, -0.1) is 0 Å². The summed E-state index contributed by atoms with van der Waals surface area (Å²) >= 11 is 0. The first kappa shape index (κ1) is 11.2. The van der Waals surface area contributed by atoms with Gasteiger partial charge in [0.15, 0.2) is 0 Å². The fourth-order valence-corrected chi connectivity index (χ4v) is 1.53. The maximum atomic E-state index is 11.3. The zero-order valence-electron chi connectivity index (χ0n) is 9.26. The Hall–Kier alpha value is -2.29. The minimum absolute atomic E-state index is 0.142. The average molecular weight is 228 g/mol. The molecule has 3 heteroatoms. The van der Waals surface area contributed by atoms with Crippen molar-refractivity contribution >= 4 is 16.9 Å². The third-order valence-corrected chi connectivity index (χ3v) is 2.26. The molecule has 17 heavy (non-hydrogen) atoms. The molecule has 0 heterocycles. The first-order chi connectivity index (χ1) is 8.31. The van der Waals surface area contributed by atoms with E-state index < -0.39 is 6.16 Å². The molecule has 0 saturated carbocycles. The van der Waals surface area contributed by atoms with Gasteiger partial charge in [-0.05, 0) is 11.5 Å². The van der Waals surface area contributed by atoms with Gasteiger partial charge in [0.1, 0.15) is 12.4 Å². The standard InChI is InChI=1S/C14H12O3/c1-2-10-16-14(15)17-13-9-5-7-11-6-3-4-8-12(11)13/h2-9H,1,10H2. The third kappa shape index (κ3) is 2.64. The quantitative estimate of drug-likeness (QED) is 0.458. The van der Waals surface area contributed by atoms with Crippen LogP contribution in [0.4, 0.5) is 4.79 Å². The normalized spacial score (nSPS) is 9.88. The summed E-state index contributed by atoms with van der Waals surface area (Å²) in [6.45, 7) is 3.60. The molecular formula is C14H12O3. The van der Waals surface area contributed by atoms with E-state index in [9.17, 15) is 4.79 Å². The van der Waals surface area contributed by atoms with E-state index in [4.69, 9.17) is 9.47 Å². The van der Waals surface area contributed by atoms with Crippen molar-refractivity contribution in [1.82, 2.24) is 0 Å². The van der Waals surface area contributed by atoms with Crippen LogP contribution in [0.25, 0.3) is 10.8 Å². The molecule has 2 rings (SSSR count). The predicted octanol–water partition coefficient (Wildman–Crippen LogP) is 3.54. The second kappa shape index (κ2) is 5.16. The molecule has 0 bridgehead atoms. The van der Waals surface area contributed by atoms with E-state index in [2.05, 4.69) is 6.58 Å². The lowest BCUT2D eigenvalue weighted by atomic mass is 10.1. The SMILES string of the molecule is C=CCOC(=O)Oc1cccc2ccccc12. The molecule has 2 aromatic rings. The highest BCUT2D eigenvalue weighted by molar-refractivity contribution is 5.89. The van der Waals surface area contributed by atoms with Gasteiger partial charge in [-0.2, -0.15) is 0 Å². The lowest BCUT2D eigenvalue weighted by Gasteiger charge is -2.07. The Balaban J connectivity index is 2.23. The van der Waals surface area contributed by atoms with Crippen LogP contribution in [-0.4, -0.2) is 12.8 Å². The lowest BCUT2D eigenvalue weighted by Crippen LogP contribution is -2.10. The number of rotatable bonds is 3. The van der Waals surface area contributed by atoms with Crippen LogP contribution in [0, 0.1) is 0 Å². The van der Waals surface area contributed by atoms with Gasteiger partial charge in [0.2, 0.25) is 0 Å². The van der Waals surface area contributed by atoms with Crippen molar-refractivity contribution in [3.63, 3.8) is 0 Å². The van der Waals surface area contributed by atoms with E-state index in [0.717, 1.165) is 10.8 Å². The molecule has 86 valence electrons. The molecule has 0 aliphatic heterocycles. The molecule has 0 aromatic heterocycles. The van der Waals surface area contributed by atoms with E-state index in [0.29, 0.717) is 5.75 Å². The zero-order valence-corrected chi connectivity index (χ0v) is 9.26. The largest absolute Gasteiger partial charge is 0.514 e. The van der Waals surface area contributed by atoms with Crippen molar-refractivity contribution in [2.45, 2.75) is 0 Å². The van der Waals surface area contributed by atoms with Gasteiger partial charge in [0.25, 0.3) is 0 Å². The zero-order chi connectivity index (χ0) is 12.1. The topological polar surface area (TPSA) is 35.5 Å². The Bertz CT molecular complexity index is 541. The molecule has 0 aliphatic rings. The Kier molecular flexibility index (Phi) is 3.40. The second-order valence-electron chi connectivity index (χ2n) is 3.43. The highest BCUT2D eigenvalue weighted by Crippen LogP contribution is 2.25. The predicted molar refractivity (Wildman–Crippen MR) is 66.1 cm³/mol. The summed E-state index contributed by atoms with van der Waals surface area (Å²) in [6, 6.07) is 13.2. The third-order valence-electron chi connectivity index (χ3n) is 2.26. The van der Waals surface area contributed by atoms with Gasteiger partial charge >= 0.3 is 6.16 Å². The molecule has 2 aromatic carbocycles. The van der Waals surface area contributed by atoms with Crippen LogP contribution in [0.3, 0.4) is 0 Å². The van der Waals surface area contributed by atoms with Crippen LogP contribution in [0.15, 0.2) is 55.1 Å². The Morgan fingerprint density at radius 2 is 1.94 bits per heavy atom. The summed E-state index contributed by atoms with van der Waals surface area (Å²) in [4.78, 5) is 11.3. The summed E-state index contributed by atoms with van der Waals surface area (Å²) in [6.07, 6.45) is 0.769. The first-order valence-corrected chi connectivity index (χ1v) is 5.24. The number of ether oxygens (including phenoxy) is 2. The molecular weight excluding hydrogens is 216 g/mol. The molecule has 0 amide bonds. The van der Waals surface area contributed by atoms with Gasteiger partial charge in [-0.3, -0.25) is 0 Å².